The predicted molar refractivity (Wildman–Crippen MR) is 386 cm³/mol. The molecule has 0 radical (unpaired) electrons. The lowest BCUT2D eigenvalue weighted by molar-refractivity contribution is -0.161. The van der Waals surface area contributed by atoms with Gasteiger partial charge in [-0.05, 0) is 37.5 Å². The number of ether oxygens (including phenoxy) is 4. The van der Waals surface area contributed by atoms with Crippen molar-refractivity contribution in [2.24, 2.45) is 11.8 Å². The van der Waals surface area contributed by atoms with Crippen molar-refractivity contribution in [3.63, 3.8) is 0 Å². The van der Waals surface area contributed by atoms with Crippen LogP contribution in [0.1, 0.15) is 395 Å². The molecular formula is C76H148O17P2. The van der Waals surface area contributed by atoms with Gasteiger partial charge < -0.3 is 33.8 Å². The van der Waals surface area contributed by atoms with E-state index >= 15 is 0 Å². The smallest absolute Gasteiger partial charge is 0.462 e. The van der Waals surface area contributed by atoms with E-state index in [1.165, 1.54) is 212 Å². The number of hydrogen-bond donors (Lipinski definition) is 3. The van der Waals surface area contributed by atoms with E-state index < -0.39 is 97.5 Å². The van der Waals surface area contributed by atoms with Crippen LogP contribution >= 0.6 is 15.6 Å². The third-order valence-corrected chi connectivity index (χ3v) is 19.6. The van der Waals surface area contributed by atoms with Gasteiger partial charge in [-0.1, -0.05) is 343 Å². The Morgan fingerprint density at radius 1 is 0.284 bits per heavy atom. The Hall–Kier alpha value is -1.94. The van der Waals surface area contributed by atoms with Gasteiger partial charge in [0.05, 0.1) is 26.4 Å². The Labute approximate surface area is 581 Å². The van der Waals surface area contributed by atoms with Gasteiger partial charge in [-0.25, -0.2) is 9.13 Å². The normalized spacial score (nSPS) is 14.0. The monoisotopic (exact) mass is 1400 g/mol. The van der Waals surface area contributed by atoms with E-state index in [0.717, 1.165) is 102 Å². The van der Waals surface area contributed by atoms with Gasteiger partial charge in [0, 0.05) is 25.7 Å². The molecule has 0 aromatic heterocycles. The van der Waals surface area contributed by atoms with Crippen LogP contribution in [0.3, 0.4) is 0 Å². The summed E-state index contributed by atoms with van der Waals surface area (Å²) < 4.78 is 68.6. The molecule has 5 atom stereocenters. The summed E-state index contributed by atoms with van der Waals surface area (Å²) in [5, 5.41) is 10.6. The second kappa shape index (κ2) is 67.9. The fourth-order valence-corrected chi connectivity index (χ4v) is 13.2. The molecule has 0 aliphatic rings. The Morgan fingerprint density at radius 2 is 0.484 bits per heavy atom. The van der Waals surface area contributed by atoms with Gasteiger partial charge in [0.25, 0.3) is 0 Å². The summed E-state index contributed by atoms with van der Waals surface area (Å²) in [4.78, 5) is 72.8. The van der Waals surface area contributed by atoms with E-state index in [1.807, 2.05) is 0 Å². The second-order valence-corrected chi connectivity index (χ2v) is 31.3. The lowest BCUT2D eigenvalue weighted by Crippen LogP contribution is -2.30. The van der Waals surface area contributed by atoms with Crippen LogP contribution < -0.4 is 0 Å². The highest BCUT2D eigenvalue weighted by Crippen LogP contribution is 2.45. The van der Waals surface area contributed by atoms with Crippen molar-refractivity contribution in [3.05, 3.63) is 0 Å². The van der Waals surface area contributed by atoms with Crippen molar-refractivity contribution in [2.45, 2.75) is 413 Å². The molecule has 17 nitrogen and oxygen atoms in total. The Kier molecular flexibility index (Phi) is 66.5. The van der Waals surface area contributed by atoms with Crippen molar-refractivity contribution < 1.29 is 80.2 Å². The SMILES string of the molecule is CCCCCCCCCCCCCCCCCCC(=O)O[C@H](COC(=O)CCCCCCCCCCCCCC(C)C)COP(=O)(O)OC[C@@H](O)COP(=O)(O)OC[C@@H](COC(=O)CCCCCCCCCCCCC)OC(=O)CCCCCCCCCCCCCC(C)C. The summed E-state index contributed by atoms with van der Waals surface area (Å²) in [6.45, 7) is 9.61. The number of hydrogen-bond acceptors (Lipinski definition) is 15. The minimum absolute atomic E-state index is 0.107. The van der Waals surface area contributed by atoms with E-state index in [1.54, 1.807) is 0 Å². The van der Waals surface area contributed by atoms with E-state index in [2.05, 4.69) is 41.5 Å². The summed E-state index contributed by atoms with van der Waals surface area (Å²) in [5.74, 6) is -0.577. The zero-order valence-corrected chi connectivity index (χ0v) is 63.8. The Morgan fingerprint density at radius 3 is 0.716 bits per heavy atom. The third-order valence-electron chi connectivity index (χ3n) is 17.7. The molecule has 0 aromatic rings. The first kappa shape index (κ1) is 93.1. The molecule has 3 N–H and O–H groups in total. The van der Waals surface area contributed by atoms with Crippen LogP contribution in [0.4, 0.5) is 0 Å². The molecule has 0 bridgehead atoms. The van der Waals surface area contributed by atoms with Crippen molar-refractivity contribution in [1.82, 2.24) is 0 Å². The topological polar surface area (TPSA) is 237 Å². The molecule has 0 fully saturated rings. The van der Waals surface area contributed by atoms with Gasteiger partial charge in [0.1, 0.15) is 19.3 Å². The minimum atomic E-state index is -4.96. The molecule has 0 aliphatic carbocycles. The van der Waals surface area contributed by atoms with E-state index in [0.29, 0.717) is 25.7 Å². The van der Waals surface area contributed by atoms with Gasteiger partial charge in [-0.2, -0.15) is 0 Å². The van der Waals surface area contributed by atoms with Crippen LogP contribution in [0.15, 0.2) is 0 Å². The number of aliphatic hydroxyl groups is 1. The number of esters is 4. The van der Waals surface area contributed by atoms with Gasteiger partial charge in [0.2, 0.25) is 0 Å². The van der Waals surface area contributed by atoms with E-state index in [-0.39, 0.29) is 25.7 Å². The van der Waals surface area contributed by atoms with Crippen molar-refractivity contribution in [1.29, 1.82) is 0 Å². The molecule has 2 unspecified atom stereocenters. The van der Waals surface area contributed by atoms with Crippen LogP contribution in [0.25, 0.3) is 0 Å². The van der Waals surface area contributed by atoms with E-state index in [9.17, 15) is 43.2 Å². The molecule has 0 amide bonds. The van der Waals surface area contributed by atoms with E-state index in [4.69, 9.17) is 37.0 Å². The number of phosphoric acid groups is 2. The first-order valence-corrected chi connectivity index (χ1v) is 42.5. The molecule has 564 valence electrons. The molecular weight excluding hydrogens is 1250 g/mol. The highest BCUT2D eigenvalue weighted by molar-refractivity contribution is 7.47. The average molecular weight is 1400 g/mol. The first-order valence-electron chi connectivity index (χ1n) is 39.5. The Balaban J connectivity index is 5.26. The standard InChI is InChI=1S/C76H148O17P2/c1-7-9-11-13-15-17-19-20-21-22-23-29-36-42-48-54-60-75(80)92-72(65-87-74(79)59-53-47-41-35-30-24-27-32-38-44-50-56-68(3)4)67-91-95(84,85)89-63-70(77)62-88-94(82,83)90-66-71(64-86-73(78)58-52-46-40-34-26-18-16-14-12-10-8-2)93-76(81)61-55-49-43-37-31-25-28-33-39-45-51-57-69(5)6/h68-72,77H,7-67H2,1-6H3,(H,82,83)(H,84,85)/t70-,71+,72+/m0/s1. The zero-order valence-electron chi connectivity index (χ0n) is 62.0. The number of rotatable bonds is 75. The zero-order chi connectivity index (χ0) is 70.0. The first-order chi connectivity index (χ1) is 45.9. The number of aliphatic hydroxyl groups excluding tert-OH is 1. The largest absolute Gasteiger partial charge is 0.472 e. The molecule has 0 saturated heterocycles. The van der Waals surface area contributed by atoms with Gasteiger partial charge >= 0.3 is 39.5 Å². The van der Waals surface area contributed by atoms with Crippen LogP contribution in [0.5, 0.6) is 0 Å². The molecule has 0 aliphatic heterocycles. The average Bonchev–Trinajstić information content (AvgIpc) is 1.20. The molecule has 0 spiro atoms. The number of phosphoric ester groups is 2. The molecule has 19 heteroatoms. The lowest BCUT2D eigenvalue weighted by atomic mass is 10.0. The highest BCUT2D eigenvalue weighted by Gasteiger charge is 2.30. The van der Waals surface area contributed by atoms with Crippen molar-refractivity contribution in [2.75, 3.05) is 39.6 Å². The molecule has 0 saturated carbocycles. The van der Waals surface area contributed by atoms with Gasteiger partial charge in [-0.3, -0.25) is 37.3 Å². The molecule has 0 rings (SSSR count). The maximum absolute atomic E-state index is 13.1. The predicted octanol–water partition coefficient (Wildman–Crippen LogP) is 22.3. The summed E-state index contributed by atoms with van der Waals surface area (Å²) in [6.07, 6.45) is 55.3. The summed E-state index contributed by atoms with van der Waals surface area (Å²) in [5.41, 5.74) is 0. The molecule has 0 aromatic carbocycles. The van der Waals surface area contributed by atoms with Crippen LogP contribution in [0.2, 0.25) is 0 Å². The number of carbonyl (C=O) groups excluding carboxylic acids is 4. The van der Waals surface area contributed by atoms with Gasteiger partial charge in [-0.15, -0.1) is 0 Å². The van der Waals surface area contributed by atoms with Crippen molar-refractivity contribution >= 4 is 39.5 Å². The highest BCUT2D eigenvalue weighted by atomic mass is 31.2. The third kappa shape index (κ3) is 70.3. The lowest BCUT2D eigenvalue weighted by Gasteiger charge is -2.21. The maximum atomic E-state index is 13.1. The summed E-state index contributed by atoms with van der Waals surface area (Å²) in [7, 11) is -9.91. The minimum Gasteiger partial charge on any atom is -0.462 e. The fraction of sp³-hybridized carbons (Fsp3) is 0.947. The quantitative estimate of drug-likeness (QED) is 0.0222. The Bertz CT molecular complexity index is 1840. The fourth-order valence-electron chi connectivity index (χ4n) is 11.7. The van der Waals surface area contributed by atoms with Gasteiger partial charge in [0.15, 0.2) is 12.2 Å². The number of carbonyl (C=O) groups is 4. The molecule has 95 heavy (non-hydrogen) atoms. The summed E-state index contributed by atoms with van der Waals surface area (Å²) >= 11 is 0. The van der Waals surface area contributed by atoms with Crippen LogP contribution in [0, 0.1) is 11.8 Å². The van der Waals surface area contributed by atoms with Crippen molar-refractivity contribution in [3.8, 4) is 0 Å². The van der Waals surface area contributed by atoms with Crippen LogP contribution in [-0.2, 0) is 65.4 Å². The van der Waals surface area contributed by atoms with Crippen LogP contribution in [-0.4, -0.2) is 96.7 Å². The number of unbranched alkanes of at least 4 members (excludes halogenated alkanes) is 45. The maximum Gasteiger partial charge on any atom is 0.472 e. The molecule has 0 heterocycles. The summed E-state index contributed by atoms with van der Waals surface area (Å²) in [6, 6.07) is 0. The second-order valence-electron chi connectivity index (χ2n) is 28.3.